The number of benzene rings is 1. The predicted molar refractivity (Wildman–Crippen MR) is 95.8 cm³/mol. The lowest BCUT2D eigenvalue weighted by Gasteiger charge is -2.31. The third-order valence-corrected chi connectivity index (χ3v) is 4.48. The SMILES string of the molecule is CCOC(=O)N1CCC(NC(=O)c2ccc3ccc(Cl)cc3n2)CC1. The summed E-state index contributed by atoms with van der Waals surface area (Å²) in [5, 5.41) is 4.51. The van der Waals surface area contributed by atoms with Crippen LogP contribution in [-0.2, 0) is 4.74 Å². The molecule has 0 saturated carbocycles. The van der Waals surface area contributed by atoms with Crippen molar-refractivity contribution in [2.24, 2.45) is 0 Å². The first kappa shape index (κ1) is 17.5. The molecule has 7 heteroatoms. The highest BCUT2D eigenvalue weighted by Gasteiger charge is 2.25. The van der Waals surface area contributed by atoms with Crippen LogP contribution in [-0.4, -0.2) is 47.6 Å². The predicted octanol–water partition coefficient (Wildman–Crippen LogP) is 3.24. The standard InChI is InChI=1S/C18H20ClN3O3/c1-2-25-18(24)22-9-7-14(8-10-22)20-17(23)15-6-4-12-3-5-13(19)11-16(12)21-15/h3-6,11,14H,2,7-10H2,1H3,(H,20,23). The number of carbonyl (C=O) groups is 2. The molecule has 1 aliphatic heterocycles. The van der Waals surface area contributed by atoms with E-state index in [0.29, 0.717) is 48.8 Å². The Bertz CT molecular complexity index is 788. The smallest absolute Gasteiger partial charge is 0.409 e. The molecule has 1 N–H and O–H groups in total. The van der Waals surface area contributed by atoms with Gasteiger partial charge >= 0.3 is 6.09 Å². The van der Waals surface area contributed by atoms with Crippen LogP contribution in [0, 0.1) is 0 Å². The molecule has 1 fully saturated rings. The topological polar surface area (TPSA) is 71.5 Å². The molecule has 0 bridgehead atoms. The molecule has 1 saturated heterocycles. The lowest BCUT2D eigenvalue weighted by molar-refractivity contribution is 0.0857. The first-order valence-electron chi connectivity index (χ1n) is 8.35. The summed E-state index contributed by atoms with van der Waals surface area (Å²) in [6, 6.07) is 9.00. The number of hydrogen-bond acceptors (Lipinski definition) is 4. The number of carbonyl (C=O) groups excluding carboxylic acids is 2. The molecule has 6 nitrogen and oxygen atoms in total. The average Bonchev–Trinajstić information content (AvgIpc) is 2.61. The van der Waals surface area contributed by atoms with E-state index in [9.17, 15) is 9.59 Å². The van der Waals surface area contributed by atoms with Crippen LogP contribution in [0.4, 0.5) is 4.79 Å². The number of nitrogens with zero attached hydrogens (tertiary/aromatic N) is 2. The van der Waals surface area contributed by atoms with Gasteiger partial charge in [0.25, 0.3) is 5.91 Å². The summed E-state index contributed by atoms with van der Waals surface area (Å²) in [5.74, 6) is -0.212. The van der Waals surface area contributed by atoms with Gasteiger partial charge in [-0.05, 0) is 38.0 Å². The van der Waals surface area contributed by atoms with Crippen LogP contribution in [0.2, 0.25) is 5.02 Å². The van der Waals surface area contributed by atoms with Crippen molar-refractivity contribution in [3.63, 3.8) is 0 Å². The van der Waals surface area contributed by atoms with E-state index >= 15 is 0 Å². The average molecular weight is 362 g/mol. The highest BCUT2D eigenvalue weighted by atomic mass is 35.5. The van der Waals surface area contributed by atoms with Crippen molar-refractivity contribution in [1.82, 2.24) is 15.2 Å². The largest absolute Gasteiger partial charge is 0.450 e. The molecule has 2 heterocycles. The number of piperidine rings is 1. The first-order chi connectivity index (χ1) is 12.1. The van der Waals surface area contributed by atoms with Gasteiger partial charge in [0.2, 0.25) is 0 Å². The maximum absolute atomic E-state index is 12.4. The van der Waals surface area contributed by atoms with Crippen LogP contribution in [0.5, 0.6) is 0 Å². The highest BCUT2D eigenvalue weighted by molar-refractivity contribution is 6.31. The maximum atomic E-state index is 12.4. The minimum Gasteiger partial charge on any atom is -0.450 e. The van der Waals surface area contributed by atoms with E-state index in [2.05, 4.69) is 10.3 Å². The first-order valence-corrected chi connectivity index (χ1v) is 8.73. The van der Waals surface area contributed by atoms with Crippen LogP contribution in [0.1, 0.15) is 30.3 Å². The van der Waals surface area contributed by atoms with Crippen molar-refractivity contribution in [2.45, 2.75) is 25.8 Å². The van der Waals surface area contributed by atoms with Gasteiger partial charge in [-0.3, -0.25) is 4.79 Å². The van der Waals surface area contributed by atoms with E-state index in [4.69, 9.17) is 16.3 Å². The number of likely N-dealkylation sites (tertiary alicyclic amines) is 1. The van der Waals surface area contributed by atoms with E-state index in [1.807, 2.05) is 12.1 Å². The molecule has 0 aliphatic carbocycles. The number of hydrogen-bond donors (Lipinski definition) is 1. The monoisotopic (exact) mass is 361 g/mol. The van der Waals surface area contributed by atoms with E-state index in [0.717, 1.165) is 5.39 Å². The van der Waals surface area contributed by atoms with E-state index in [1.165, 1.54) is 0 Å². The van der Waals surface area contributed by atoms with Gasteiger partial charge in [-0.1, -0.05) is 23.7 Å². The minimum absolute atomic E-state index is 0.0232. The Labute approximate surface area is 151 Å². The third-order valence-electron chi connectivity index (χ3n) is 4.24. The molecule has 1 aliphatic rings. The molecular formula is C18H20ClN3O3. The second-order valence-electron chi connectivity index (χ2n) is 5.97. The van der Waals surface area contributed by atoms with Gasteiger partial charge < -0.3 is 15.0 Å². The Morgan fingerprint density at radius 3 is 2.72 bits per heavy atom. The molecule has 25 heavy (non-hydrogen) atoms. The lowest BCUT2D eigenvalue weighted by Crippen LogP contribution is -2.46. The molecule has 0 radical (unpaired) electrons. The van der Waals surface area contributed by atoms with Crippen LogP contribution in [0.3, 0.4) is 0 Å². The van der Waals surface area contributed by atoms with Gasteiger partial charge in [-0.25, -0.2) is 9.78 Å². The van der Waals surface area contributed by atoms with E-state index < -0.39 is 0 Å². The van der Waals surface area contributed by atoms with Gasteiger partial charge in [-0.15, -0.1) is 0 Å². The van der Waals surface area contributed by atoms with E-state index in [-0.39, 0.29) is 18.0 Å². The number of pyridine rings is 1. The van der Waals surface area contributed by atoms with Gasteiger partial charge in [0.05, 0.1) is 12.1 Å². The lowest BCUT2D eigenvalue weighted by atomic mass is 10.1. The molecule has 1 aromatic carbocycles. The molecule has 1 aromatic heterocycles. The van der Waals surface area contributed by atoms with Crippen LogP contribution < -0.4 is 5.32 Å². The molecule has 132 valence electrons. The molecule has 2 amide bonds. The van der Waals surface area contributed by atoms with Gasteiger partial charge in [0.15, 0.2) is 0 Å². The minimum atomic E-state index is -0.291. The van der Waals surface area contributed by atoms with Crippen LogP contribution in [0.15, 0.2) is 30.3 Å². The maximum Gasteiger partial charge on any atom is 0.409 e. The summed E-state index contributed by atoms with van der Waals surface area (Å²) in [4.78, 5) is 30.2. The second kappa shape index (κ2) is 7.70. The van der Waals surface area contributed by atoms with Crippen LogP contribution >= 0.6 is 11.6 Å². The molecule has 0 atom stereocenters. The Morgan fingerprint density at radius 2 is 2.00 bits per heavy atom. The second-order valence-corrected chi connectivity index (χ2v) is 6.40. The van der Waals surface area contributed by atoms with Crippen molar-refractivity contribution >= 4 is 34.5 Å². The summed E-state index contributed by atoms with van der Waals surface area (Å²) in [5.41, 5.74) is 1.06. The Hall–Kier alpha value is -2.34. The van der Waals surface area contributed by atoms with Gasteiger partial charge in [0.1, 0.15) is 5.69 Å². The van der Waals surface area contributed by atoms with E-state index in [1.54, 1.807) is 30.0 Å². The fourth-order valence-corrected chi connectivity index (χ4v) is 3.06. The molecule has 2 aromatic rings. The fraction of sp³-hybridized carbons (Fsp3) is 0.389. The number of rotatable bonds is 3. The number of amides is 2. The summed E-state index contributed by atoms with van der Waals surface area (Å²) in [6.45, 7) is 3.30. The van der Waals surface area contributed by atoms with Crippen molar-refractivity contribution in [3.8, 4) is 0 Å². The summed E-state index contributed by atoms with van der Waals surface area (Å²) in [7, 11) is 0. The van der Waals surface area contributed by atoms with Gasteiger partial charge in [0, 0.05) is 29.5 Å². The van der Waals surface area contributed by atoms with Crippen molar-refractivity contribution < 1.29 is 14.3 Å². The zero-order valence-electron chi connectivity index (χ0n) is 14.0. The number of aromatic nitrogens is 1. The number of ether oxygens (including phenoxy) is 1. The number of halogens is 1. The van der Waals surface area contributed by atoms with Crippen LogP contribution in [0.25, 0.3) is 10.9 Å². The molecule has 0 unspecified atom stereocenters. The third kappa shape index (κ3) is 4.20. The van der Waals surface area contributed by atoms with Crippen molar-refractivity contribution in [2.75, 3.05) is 19.7 Å². The van der Waals surface area contributed by atoms with Crippen molar-refractivity contribution in [3.05, 3.63) is 41.0 Å². The Kier molecular flexibility index (Phi) is 5.38. The summed E-state index contributed by atoms with van der Waals surface area (Å²) < 4.78 is 5.00. The summed E-state index contributed by atoms with van der Waals surface area (Å²) in [6.07, 6.45) is 1.11. The molecule has 0 spiro atoms. The zero-order chi connectivity index (χ0) is 17.8. The normalized spacial score (nSPS) is 15.2. The van der Waals surface area contributed by atoms with Crippen molar-refractivity contribution in [1.29, 1.82) is 0 Å². The Morgan fingerprint density at radius 1 is 1.28 bits per heavy atom. The summed E-state index contributed by atoms with van der Waals surface area (Å²) >= 11 is 5.98. The number of fused-ring (bicyclic) bond motifs is 1. The highest BCUT2D eigenvalue weighted by Crippen LogP contribution is 2.18. The quantitative estimate of drug-likeness (QED) is 0.911. The molecular weight excluding hydrogens is 342 g/mol. The zero-order valence-corrected chi connectivity index (χ0v) is 14.8. The number of nitrogens with one attached hydrogen (secondary N) is 1. The Balaban J connectivity index is 1.60. The molecule has 3 rings (SSSR count). The fourth-order valence-electron chi connectivity index (χ4n) is 2.90. The van der Waals surface area contributed by atoms with Gasteiger partial charge in [-0.2, -0.15) is 0 Å².